The van der Waals surface area contributed by atoms with Gasteiger partial charge in [-0.2, -0.15) is 4.39 Å². The minimum absolute atomic E-state index is 0.0407. The van der Waals surface area contributed by atoms with E-state index in [2.05, 4.69) is 12.6 Å². The lowest BCUT2D eigenvalue weighted by molar-refractivity contribution is 0.282. The van der Waals surface area contributed by atoms with Gasteiger partial charge in [0.2, 0.25) is 0 Å². The van der Waals surface area contributed by atoms with Crippen LogP contribution in [0.3, 0.4) is 0 Å². The molecule has 0 amide bonds. The van der Waals surface area contributed by atoms with Crippen LogP contribution in [-0.4, -0.2) is 5.11 Å². The second-order valence-corrected chi connectivity index (χ2v) is 4.23. The van der Waals surface area contributed by atoms with E-state index in [9.17, 15) is 4.39 Å². The predicted octanol–water partition coefficient (Wildman–Crippen LogP) is 2.82. The molecule has 0 saturated heterocycles. The normalized spacial score (nSPS) is 11.0. The van der Waals surface area contributed by atoms with Crippen LogP contribution in [0, 0.1) is 5.13 Å². The van der Waals surface area contributed by atoms with Gasteiger partial charge in [-0.15, -0.1) is 24.0 Å². The van der Waals surface area contributed by atoms with Gasteiger partial charge in [-0.25, -0.2) is 0 Å². The molecule has 1 aromatic carbocycles. The number of aliphatic hydroxyl groups is 1. The Balaban J connectivity index is 2.75. The third-order valence-electron chi connectivity index (χ3n) is 1.81. The first kappa shape index (κ1) is 8.99. The van der Waals surface area contributed by atoms with Gasteiger partial charge in [0, 0.05) is 4.90 Å². The Hall–Kier alpha value is -0.580. The number of hydrogen-bond donors (Lipinski definition) is 2. The van der Waals surface area contributed by atoms with Crippen LogP contribution in [0.15, 0.2) is 23.1 Å². The van der Waals surface area contributed by atoms with Crippen molar-refractivity contribution < 1.29 is 9.50 Å². The maximum atomic E-state index is 12.9. The number of thiol groups is 1. The van der Waals surface area contributed by atoms with Crippen LogP contribution in [0.4, 0.5) is 4.39 Å². The highest BCUT2D eigenvalue weighted by molar-refractivity contribution is 7.80. The molecule has 0 saturated carbocycles. The smallest absolute Gasteiger partial charge is 0.177 e. The monoisotopic (exact) mass is 214 g/mol. The van der Waals surface area contributed by atoms with Crippen molar-refractivity contribution >= 4 is 34.1 Å². The molecule has 0 aliphatic rings. The van der Waals surface area contributed by atoms with Crippen LogP contribution in [0.5, 0.6) is 0 Å². The van der Waals surface area contributed by atoms with Gasteiger partial charge < -0.3 is 5.11 Å². The zero-order valence-electron chi connectivity index (χ0n) is 6.62. The van der Waals surface area contributed by atoms with E-state index in [1.54, 1.807) is 12.1 Å². The van der Waals surface area contributed by atoms with E-state index in [-0.39, 0.29) is 11.7 Å². The van der Waals surface area contributed by atoms with Crippen LogP contribution in [0.2, 0.25) is 0 Å². The van der Waals surface area contributed by atoms with E-state index in [0.717, 1.165) is 31.9 Å². The number of fused-ring (bicyclic) bond motifs is 1. The van der Waals surface area contributed by atoms with Crippen molar-refractivity contribution in [3.05, 3.63) is 28.9 Å². The van der Waals surface area contributed by atoms with Gasteiger partial charge in [0.05, 0.1) is 11.3 Å². The van der Waals surface area contributed by atoms with Gasteiger partial charge in [0.25, 0.3) is 0 Å². The Kier molecular flexibility index (Phi) is 2.27. The SMILES string of the molecule is OCc1cc(S)c2sc(F)cc2c1. The van der Waals surface area contributed by atoms with E-state index in [4.69, 9.17) is 5.11 Å². The number of rotatable bonds is 1. The van der Waals surface area contributed by atoms with Crippen molar-refractivity contribution in [2.45, 2.75) is 11.5 Å². The predicted molar refractivity (Wildman–Crippen MR) is 55.0 cm³/mol. The van der Waals surface area contributed by atoms with Crippen molar-refractivity contribution in [1.29, 1.82) is 0 Å². The largest absolute Gasteiger partial charge is 0.392 e. The topological polar surface area (TPSA) is 20.2 Å². The summed E-state index contributed by atoms with van der Waals surface area (Å²) in [5.41, 5.74) is 0.760. The first-order valence-corrected chi connectivity index (χ1v) is 4.99. The molecular weight excluding hydrogens is 207 g/mol. The summed E-state index contributed by atoms with van der Waals surface area (Å²) in [4.78, 5) is 0.718. The van der Waals surface area contributed by atoms with Crippen molar-refractivity contribution in [1.82, 2.24) is 0 Å². The van der Waals surface area contributed by atoms with Gasteiger partial charge in [0.15, 0.2) is 5.13 Å². The van der Waals surface area contributed by atoms with E-state index in [1.165, 1.54) is 6.07 Å². The van der Waals surface area contributed by atoms with E-state index >= 15 is 0 Å². The second-order valence-electron chi connectivity index (χ2n) is 2.74. The standard InChI is InChI=1S/C9H7FOS2/c10-8-3-6-1-5(4-11)2-7(12)9(6)13-8/h1-3,11-12H,4H2. The second kappa shape index (κ2) is 3.29. The summed E-state index contributed by atoms with van der Waals surface area (Å²) >= 11 is 5.29. The van der Waals surface area contributed by atoms with Gasteiger partial charge >= 0.3 is 0 Å². The highest BCUT2D eigenvalue weighted by Gasteiger charge is 2.05. The number of aliphatic hydroxyl groups excluding tert-OH is 1. The molecule has 1 N–H and O–H groups in total. The van der Waals surface area contributed by atoms with E-state index < -0.39 is 0 Å². The Bertz CT molecular complexity index is 450. The Labute approximate surface area is 84.2 Å². The minimum atomic E-state index is -0.222. The van der Waals surface area contributed by atoms with Crippen LogP contribution in [0.25, 0.3) is 10.1 Å². The lowest BCUT2D eigenvalue weighted by Gasteiger charge is -1.98. The summed E-state index contributed by atoms with van der Waals surface area (Å²) in [6, 6.07) is 4.98. The first-order valence-electron chi connectivity index (χ1n) is 3.72. The van der Waals surface area contributed by atoms with Gasteiger partial charge in [-0.05, 0) is 29.1 Å². The molecule has 0 atom stereocenters. The summed E-state index contributed by atoms with van der Waals surface area (Å²) in [7, 11) is 0. The van der Waals surface area contributed by atoms with E-state index in [0.29, 0.717) is 0 Å². The molecule has 0 radical (unpaired) electrons. The molecular formula is C9H7FOS2. The fraction of sp³-hybridized carbons (Fsp3) is 0.111. The quantitative estimate of drug-likeness (QED) is 0.699. The summed E-state index contributed by atoms with van der Waals surface area (Å²) < 4.78 is 13.7. The molecule has 2 rings (SSSR count). The number of benzene rings is 1. The third kappa shape index (κ3) is 1.57. The van der Waals surface area contributed by atoms with Crippen molar-refractivity contribution in [3.63, 3.8) is 0 Å². The molecule has 1 nitrogen and oxygen atoms in total. The lowest BCUT2D eigenvalue weighted by atomic mass is 10.2. The van der Waals surface area contributed by atoms with Gasteiger partial charge in [0.1, 0.15) is 0 Å². The molecule has 2 aromatic rings. The fourth-order valence-corrected chi connectivity index (χ4v) is 2.47. The lowest BCUT2D eigenvalue weighted by Crippen LogP contribution is -1.81. The molecule has 0 fully saturated rings. The Morgan fingerprint density at radius 3 is 2.85 bits per heavy atom. The summed E-state index contributed by atoms with van der Waals surface area (Å²) in [6.07, 6.45) is 0. The summed E-state index contributed by atoms with van der Waals surface area (Å²) in [5, 5.41) is 9.49. The van der Waals surface area contributed by atoms with Crippen LogP contribution < -0.4 is 0 Å². The highest BCUT2D eigenvalue weighted by atomic mass is 32.1. The molecule has 4 heteroatoms. The zero-order valence-corrected chi connectivity index (χ0v) is 8.33. The Morgan fingerprint density at radius 1 is 1.38 bits per heavy atom. The first-order chi connectivity index (χ1) is 6.20. The number of thiophene rings is 1. The van der Waals surface area contributed by atoms with Crippen LogP contribution in [0.1, 0.15) is 5.56 Å². The number of halogens is 1. The molecule has 13 heavy (non-hydrogen) atoms. The third-order valence-corrected chi connectivity index (χ3v) is 3.29. The zero-order chi connectivity index (χ0) is 9.42. The molecule has 1 heterocycles. The molecule has 0 unspecified atom stereocenters. The number of hydrogen-bond acceptors (Lipinski definition) is 3. The maximum Gasteiger partial charge on any atom is 0.177 e. The average molecular weight is 214 g/mol. The molecule has 1 aromatic heterocycles. The molecule has 68 valence electrons. The molecule has 0 aliphatic carbocycles. The molecule has 0 bridgehead atoms. The van der Waals surface area contributed by atoms with Crippen molar-refractivity contribution in [2.75, 3.05) is 0 Å². The Morgan fingerprint density at radius 2 is 2.15 bits per heavy atom. The van der Waals surface area contributed by atoms with Crippen LogP contribution >= 0.6 is 24.0 Å². The molecule has 0 aliphatic heterocycles. The minimum Gasteiger partial charge on any atom is -0.392 e. The summed E-state index contributed by atoms with van der Waals surface area (Å²) in [6.45, 7) is -0.0407. The van der Waals surface area contributed by atoms with Gasteiger partial charge in [-0.3, -0.25) is 0 Å². The highest BCUT2D eigenvalue weighted by Crippen LogP contribution is 2.31. The van der Waals surface area contributed by atoms with Crippen molar-refractivity contribution in [3.8, 4) is 0 Å². The summed E-state index contributed by atoms with van der Waals surface area (Å²) in [5.74, 6) is 0. The van der Waals surface area contributed by atoms with Crippen LogP contribution in [-0.2, 0) is 6.61 Å². The van der Waals surface area contributed by atoms with Crippen molar-refractivity contribution in [2.24, 2.45) is 0 Å². The maximum absolute atomic E-state index is 12.9. The van der Waals surface area contributed by atoms with Gasteiger partial charge in [-0.1, -0.05) is 0 Å². The van der Waals surface area contributed by atoms with E-state index in [1.807, 2.05) is 0 Å². The average Bonchev–Trinajstić information content (AvgIpc) is 2.46. The fourth-order valence-electron chi connectivity index (χ4n) is 1.25. The molecule has 0 spiro atoms.